The SMILES string of the molecule is OC1(CN2C[C@H]3C[C@H](Nc4ccc(-c5cc(F)cc(F)c5F)nn4)C[C@H]3C2)CCCCC1. The lowest BCUT2D eigenvalue weighted by atomic mass is 9.84. The van der Waals surface area contributed by atoms with E-state index in [4.69, 9.17) is 0 Å². The van der Waals surface area contributed by atoms with Gasteiger partial charge in [-0.3, -0.25) is 4.90 Å². The van der Waals surface area contributed by atoms with Gasteiger partial charge in [-0.15, -0.1) is 10.2 Å². The highest BCUT2D eigenvalue weighted by molar-refractivity contribution is 5.60. The number of anilines is 1. The topological polar surface area (TPSA) is 61.3 Å². The smallest absolute Gasteiger partial charge is 0.168 e. The average molecular weight is 447 g/mol. The molecular weight excluding hydrogens is 417 g/mol. The fourth-order valence-corrected chi connectivity index (χ4v) is 5.93. The molecule has 172 valence electrons. The molecule has 2 aliphatic carbocycles. The molecule has 1 saturated heterocycles. The van der Waals surface area contributed by atoms with E-state index >= 15 is 0 Å². The Hall–Kier alpha value is -2.19. The molecule has 0 amide bonds. The monoisotopic (exact) mass is 446 g/mol. The van der Waals surface area contributed by atoms with Crippen molar-refractivity contribution in [3.05, 3.63) is 41.7 Å². The Kier molecular flexibility index (Phi) is 5.84. The van der Waals surface area contributed by atoms with Crippen LogP contribution in [-0.4, -0.2) is 51.5 Å². The number of hydrogen-bond donors (Lipinski definition) is 2. The molecule has 5 nitrogen and oxygen atoms in total. The quantitative estimate of drug-likeness (QED) is 0.668. The van der Waals surface area contributed by atoms with Gasteiger partial charge >= 0.3 is 0 Å². The van der Waals surface area contributed by atoms with Crippen molar-refractivity contribution in [1.82, 2.24) is 15.1 Å². The van der Waals surface area contributed by atoms with Crippen molar-refractivity contribution in [2.75, 3.05) is 25.0 Å². The summed E-state index contributed by atoms with van der Waals surface area (Å²) in [7, 11) is 0. The zero-order chi connectivity index (χ0) is 22.3. The third kappa shape index (κ3) is 4.48. The first-order chi connectivity index (χ1) is 15.4. The van der Waals surface area contributed by atoms with Crippen molar-refractivity contribution in [3.63, 3.8) is 0 Å². The van der Waals surface area contributed by atoms with Gasteiger partial charge in [-0.05, 0) is 55.7 Å². The lowest BCUT2D eigenvalue weighted by Gasteiger charge is -2.36. The van der Waals surface area contributed by atoms with Crippen LogP contribution in [0.1, 0.15) is 44.9 Å². The lowest BCUT2D eigenvalue weighted by Crippen LogP contribution is -2.44. The van der Waals surface area contributed by atoms with Crippen LogP contribution in [0.25, 0.3) is 11.3 Å². The number of β-amino-alcohol motifs (C(OH)–C–C–N with tert-alkyl or cyclic N) is 1. The Bertz CT molecular complexity index is 950. The van der Waals surface area contributed by atoms with Gasteiger partial charge in [-0.2, -0.15) is 0 Å². The number of halogens is 3. The summed E-state index contributed by atoms with van der Waals surface area (Å²) in [4.78, 5) is 2.44. The predicted octanol–water partition coefficient (Wildman–Crippen LogP) is 4.38. The van der Waals surface area contributed by atoms with Gasteiger partial charge in [0, 0.05) is 37.3 Å². The number of fused-ring (bicyclic) bond motifs is 1. The number of aliphatic hydroxyl groups is 1. The molecule has 2 N–H and O–H groups in total. The van der Waals surface area contributed by atoms with E-state index in [1.54, 1.807) is 6.07 Å². The number of benzene rings is 1. The molecule has 2 aromatic rings. The summed E-state index contributed by atoms with van der Waals surface area (Å²) in [5.74, 6) is -1.44. The number of hydrogen-bond acceptors (Lipinski definition) is 5. The van der Waals surface area contributed by atoms with Crippen LogP contribution in [0.3, 0.4) is 0 Å². The van der Waals surface area contributed by atoms with Crippen LogP contribution in [0, 0.1) is 29.3 Å². The lowest BCUT2D eigenvalue weighted by molar-refractivity contribution is -0.0229. The maximum atomic E-state index is 14.0. The van der Waals surface area contributed by atoms with Gasteiger partial charge in [0.05, 0.1) is 11.3 Å². The van der Waals surface area contributed by atoms with Crippen molar-refractivity contribution in [3.8, 4) is 11.3 Å². The van der Waals surface area contributed by atoms with Gasteiger partial charge in [0.15, 0.2) is 11.6 Å². The molecule has 0 radical (unpaired) electrons. The average Bonchev–Trinajstić information content (AvgIpc) is 3.29. The Morgan fingerprint density at radius 2 is 1.72 bits per heavy atom. The molecule has 2 saturated carbocycles. The normalized spacial score (nSPS) is 27.4. The van der Waals surface area contributed by atoms with Crippen molar-refractivity contribution in [2.24, 2.45) is 11.8 Å². The van der Waals surface area contributed by atoms with Crippen LogP contribution < -0.4 is 5.32 Å². The van der Waals surface area contributed by atoms with E-state index < -0.39 is 23.1 Å². The summed E-state index contributed by atoms with van der Waals surface area (Å²) in [6.07, 6.45) is 7.40. The summed E-state index contributed by atoms with van der Waals surface area (Å²) in [5, 5.41) is 22.3. The van der Waals surface area contributed by atoms with Gasteiger partial charge in [0.25, 0.3) is 0 Å². The maximum absolute atomic E-state index is 14.0. The molecule has 0 unspecified atom stereocenters. The van der Waals surface area contributed by atoms with Crippen LogP contribution in [0.5, 0.6) is 0 Å². The fourth-order valence-electron chi connectivity index (χ4n) is 5.93. The van der Waals surface area contributed by atoms with Gasteiger partial charge in [0.1, 0.15) is 11.6 Å². The van der Waals surface area contributed by atoms with Gasteiger partial charge in [-0.1, -0.05) is 19.3 Å². The zero-order valence-electron chi connectivity index (χ0n) is 18.0. The minimum atomic E-state index is -1.24. The molecule has 5 rings (SSSR count). The summed E-state index contributed by atoms with van der Waals surface area (Å²) >= 11 is 0. The molecule has 2 heterocycles. The molecule has 3 atom stereocenters. The second kappa shape index (κ2) is 8.63. The van der Waals surface area contributed by atoms with Gasteiger partial charge < -0.3 is 10.4 Å². The van der Waals surface area contributed by atoms with E-state index in [9.17, 15) is 18.3 Å². The molecule has 1 aromatic heterocycles. The van der Waals surface area contributed by atoms with Gasteiger partial charge in [0.2, 0.25) is 0 Å². The minimum Gasteiger partial charge on any atom is -0.389 e. The summed E-state index contributed by atoms with van der Waals surface area (Å²) in [6, 6.07) is 4.91. The molecule has 3 aliphatic rings. The number of rotatable bonds is 5. The van der Waals surface area contributed by atoms with Crippen LogP contribution in [-0.2, 0) is 0 Å². The summed E-state index contributed by atoms with van der Waals surface area (Å²) in [5.41, 5.74) is -0.654. The standard InChI is InChI=1S/C24H29F3N4O/c25-17-10-19(23(27)20(26)11-17)21-4-5-22(30-29-21)28-18-8-15-12-31(13-16(15)9-18)14-24(32)6-2-1-3-7-24/h4-5,10-11,15-16,18,32H,1-3,6-9,12-14H2,(H,28,30)/t15-,16+,18+. The van der Waals surface area contributed by atoms with Crippen LogP contribution in [0.4, 0.5) is 19.0 Å². The Balaban J connectivity index is 1.16. The highest BCUT2D eigenvalue weighted by Gasteiger charge is 2.43. The Morgan fingerprint density at radius 3 is 2.38 bits per heavy atom. The molecule has 1 aromatic carbocycles. The molecule has 0 bridgehead atoms. The van der Waals surface area contributed by atoms with Crippen LogP contribution in [0.15, 0.2) is 24.3 Å². The highest BCUT2D eigenvalue weighted by atomic mass is 19.2. The Labute approximate surface area is 186 Å². The van der Waals surface area contributed by atoms with Crippen molar-refractivity contribution in [1.29, 1.82) is 0 Å². The minimum absolute atomic E-state index is 0.0889. The Morgan fingerprint density at radius 1 is 1.00 bits per heavy atom. The molecule has 8 heteroatoms. The van der Waals surface area contributed by atoms with E-state index in [1.807, 2.05) is 0 Å². The van der Waals surface area contributed by atoms with Gasteiger partial charge in [-0.25, -0.2) is 13.2 Å². The van der Waals surface area contributed by atoms with Crippen molar-refractivity contribution in [2.45, 2.75) is 56.6 Å². The number of likely N-dealkylation sites (tertiary alicyclic amines) is 1. The van der Waals surface area contributed by atoms with Crippen molar-refractivity contribution >= 4 is 5.82 Å². The molecular formula is C24H29F3N4O. The largest absolute Gasteiger partial charge is 0.389 e. The van der Waals surface area contributed by atoms with E-state index in [0.29, 0.717) is 23.7 Å². The predicted molar refractivity (Wildman–Crippen MR) is 115 cm³/mol. The van der Waals surface area contributed by atoms with E-state index in [0.717, 1.165) is 64.2 Å². The summed E-state index contributed by atoms with van der Waals surface area (Å²) in [6.45, 7) is 2.85. The third-order valence-corrected chi connectivity index (χ3v) is 7.41. The molecule has 3 fully saturated rings. The number of nitrogens with zero attached hydrogens (tertiary/aromatic N) is 3. The summed E-state index contributed by atoms with van der Waals surface area (Å²) < 4.78 is 40.9. The van der Waals surface area contributed by atoms with E-state index in [1.165, 1.54) is 12.5 Å². The maximum Gasteiger partial charge on any atom is 0.168 e. The third-order valence-electron chi connectivity index (χ3n) is 7.41. The van der Waals surface area contributed by atoms with E-state index in [-0.39, 0.29) is 17.3 Å². The second-order valence-electron chi connectivity index (χ2n) is 9.86. The van der Waals surface area contributed by atoms with Crippen LogP contribution in [0.2, 0.25) is 0 Å². The van der Waals surface area contributed by atoms with Crippen molar-refractivity contribution < 1.29 is 18.3 Å². The number of nitrogens with one attached hydrogen (secondary N) is 1. The number of aromatic nitrogens is 2. The first-order valence-corrected chi connectivity index (χ1v) is 11.6. The molecule has 32 heavy (non-hydrogen) atoms. The highest BCUT2D eigenvalue weighted by Crippen LogP contribution is 2.40. The molecule has 0 spiro atoms. The molecule has 1 aliphatic heterocycles. The first-order valence-electron chi connectivity index (χ1n) is 11.6. The van der Waals surface area contributed by atoms with Crippen LogP contribution >= 0.6 is 0 Å². The second-order valence-corrected chi connectivity index (χ2v) is 9.86. The first kappa shape index (κ1) is 21.6. The fraction of sp³-hybridized carbons (Fsp3) is 0.583. The van der Waals surface area contributed by atoms with E-state index in [2.05, 4.69) is 20.4 Å². The zero-order valence-corrected chi connectivity index (χ0v) is 18.0.